The van der Waals surface area contributed by atoms with Gasteiger partial charge >= 0.3 is 0 Å². The lowest BCUT2D eigenvalue weighted by atomic mass is 10.2. The number of benzene rings is 2. The molecule has 0 fully saturated rings. The lowest BCUT2D eigenvalue weighted by Crippen LogP contribution is -1.90. The summed E-state index contributed by atoms with van der Waals surface area (Å²) in [6, 6.07) is 7.91. The van der Waals surface area contributed by atoms with Crippen molar-refractivity contribution in [2.45, 2.75) is 6.61 Å². The van der Waals surface area contributed by atoms with Crippen molar-refractivity contribution in [3.63, 3.8) is 0 Å². The molecule has 2 rings (SSSR count). The van der Waals surface area contributed by atoms with Crippen molar-refractivity contribution in [1.29, 1.82) is 0 Å². The molecule has 18 heavy (non-hydrogen) atoms. The number of halogens is 3. The highest BCUT2D eigenvalue weighted by Crippen LogP contribution is 2.27. The maximum absolute atomic E-state index is 13.0. The highest BCUT2D eigenvalue weighted by molar-refractivity contribution is 6.31. The third-order valence-corrected chi connectivity index (χ3v) is 2.67. The summed E-state index contributed by atoms with van der Waals surface area (Å²) in [5.74, 6) is -1.37. The number of rotatable bonds is 3. The minimum Gasteiger partial charge on any atom is -0.457 e. The van der Waals surface area contributed by atoms with E-state index in [9.17, 15) is 8.78 Å². The number of ether oxygens (including phenoxy) is 1. The van der Waals surface area contributed by atoms with Crippen LogP contribution in [-0.2, 0) is 6.61 Å². The van der Waals surface area contributed by atoms with Gasteiger partial charge < -0.3 is 9.84 Å². The zero-order valence-electron chi connectivity index (χ0n) is 9.16. The minimum absolute atomic E-state index is 0.168. The molecule has 0 radical (unpaired) electrons. The van der Waals surface area contributed by atoms with Crippen LogP contribution in [0, 0.1) is 11.6 Å². The van der Waals surface area contributed by atoms with E-state index >= 15 is 0 Å². The smallest absolute Gasteiger partial charge is 0.162 e. The SMILES string of the molecule is OCc1ccc(Oc2ccc(F)c(F)c2)cc1Cl. The summed E-state index contributed by atoms with van der Waals surface area (Å²) in [5.41, 5.74) is 0.564. The summed E-state index contributed by atoms with van der Waals surface area (Å²) in [6.07, 6.45) is 0. The number of aliphatic hydroxyl groups is 1. The van der Waals surface area contributed by atoms with E-state index in [1.807, 2.05) is 0 Å². The van der Waals surface area contributed by atoms with Crippen LogP contribution in [0.1, 0.15) is 5.56 Å². The Morgan fingerprint density at radius 1 is 1.00 bits per heavy atom. The van der Waals surface area contributed by atoms with E-state index in [0.717, 1.165) is 12.1 Å². The molecule has 0 heterocycles. The summed E-state index contributed by atoms with van der Waals surface area (Å²) < 4.78 is 31.0. The average Bonchev–Trinajstić information content (AvgIpc) is 2.34. The monoisotopic (exact) mass is 270 g/mol. The summed E-state index contributed by atoms with van der Waals surface area (Å²) >= 11 is 5.88. The van der Waals surface area contributed by atoms with Crippen LogP contribution >= 0.6 is 11.6 Å². The van der Waals surface area contributed by atoms with Crippen LogP contribution in [-0.4, -0.2) is 5.11 Å². The van der Waals surface area contributed by atoms with Crippen molar-refractivity contribution < 1.29 is 18.6 Å². The van der Waals surface area contributed by atoms with Crippen LogP contribution in [0.3, 0.4) is 0 Å². The Labute approximate surface area is 107 Å². The Hall–Kier alpha value is -1.65. The van der Waals surface area contributed by atoms with Crippen molar-refractivity contribution in [3.8, 4) is 11.5 Å². The Kier molecular flexibility index (Phi) is 3.79. The Morgan fingerprint density at radius 2 is 1.67 bits per heavy atom. The first-order valence-electron chi connectivity index (χ1n) is 5.12. The molecule has 0 spiro atoms. The van der Waals surface area contributed by atoms with Crippen molar-refractivity contribution >= 4 is 11.6 Å². The maximum atomic E-state index is 13.0. The van der Waals surface area contributed by atoms with Gasteiger partial charge in [-0.3, -0.25) is 0 Å². The first-order valence-corrected chi connectivity index (χ1v) is 5.50. The quantitative estimate of drug-likeness (QED) is 0.916. The summed E-state index contributed by atoms with van der Waals surface area (Å²) in [6.45, 7) is -0.176. The van der Waals surface area contributed by atoms with Gasteiger partial charge in [-0.05, 0) is 29.8 Å². The van der Waals surface area contributed by atoms with Gasteiger partial charge in [0, 0.05) is 11.1 Å². The number of hydrogen-bond donors (Lipinski definition) is 1. The van der Waals surface area contributed by atoms with E-state index in [1.54, 1.807) is 12.1 Å². The van der Waals surface area contributed by atoms with Gasteiger partial charge in [0.15, 0.2) is 11.6 Å². The molecule has 2 aromatic rings. The lowest BCUT2D eigenvalue weighted by molar-refractivity contribution is 0.282. The molecular formula is C13H9ClF2O2. The molecule has 0 aliphatic rings. The second-order valence-electron chi connectivity index (χ2n) is 3.59. The Bertz CT molecular complexity index is 573. The van der Waals surface area contributed by atoms with E-state index < -0.39 is 11.6 Å². The lowest BCUT2D eigenvalue weighted by Gasteiger charge is -2.08. The normalized spacial score (nSPS) is 10.4. The third kappa shape index (κ3) is 2.78. The first kappa shape index (κ1) is 12.8. The molecule has 1 N–H and O–H groups in total. The molecule has 2 aromatic carbocycles. The van der Waals surface area contributed by atoms with Gasteiger partial charge in [0.2, 0.25) is 0 Å². The topological polar surface area (TPSA) is 29.5 Å². The standard InChI is InChI=1S/C13H9ClF2O2/c14-11-5-9(2-1-8(11)7-17)18-10-3-4-12(15)13(16)6-10/h1-6,17H,7H2. The largest absolute Gasteiger partial charge is 0.457 e. The molecule has 0 unspecified atom stereocenters. The predicted octanol–water partition coefficient (Wildman–Crippen LogP) is 3.90. The van der Waals surface area contributed by atoms with Gasteiger partial charge in [0.25, 0.3) is 0 Å². The van der Waals surface area contributed by atoms with Gasteiger partial charge in [-0.15, -0.1) is 0 Å². The molecule has 0 saturated heterocycles. The molecule has 0 aliphatic carbocycles. The zero-order chi connectivity index (χ0) is 13.1. The van der Waals surface area contributed by atoms with Crippen LogP contribution in [0.4, 0.5) is 8.78 Å². The van der Waals surface area contributed by atoms with E-state index in [0.29, 0.717) is 16.3 Å². The van der Waals surface area contributed by atoms with E-state index in [1.165, 1.54) is 12.1 Å². The fraction of sp³-hybridized carbons (Fsp3) is 0.0769. The van der Waals surface area contributed by atoms with Crippen molar-refractivity contribution in [1.82, 2.24) is 0 Å². The molecule has 0 bridgehead atoms. The van der Waals surface area contributed by atoms with E-state index in [4.69, 9.17) is 21.4 Å². The van der Waals surface area contributed by atoms with Gasteiger partial charge in [-0.1, -0.05) is 17.7 Å². The third-order valence-electron chi connectivity index (χ3n) is 2.32. The van der Waals surface area contributed by atoms with Crippen LogP contribution in [0.15, 0.2) is 36.4 Å². The Morgan fingerprint density at radius 3 is 2.28 bits per heavy atom. The first-order chi connectivity index (χ1) is 8.60. The van der Waals surface area contributed by atoms with Crippen molar-refractivity contribution in [2.75, 3.05) is 0 Å². The molecule has 2 nitrogen and oxygen atoms in total. The summed E-state index contributed by atoms with van der Waals surface area (Å²) in [4.78, 5) is 0. The molecule has 5 heteroatoms. The molecule has 0 aromatic heterocycles. The molecule has 0 atom stereocenters. The van der Waals surface area contributed by atoms with Crippen LogP contribution in [0.25, 0.3) is 0 Å². The van der Waals surface area contributed by atoms with Gasteiger partial charge in [0.1, 0.15) is 11.5 Å². The predicted molar refractivity (Wildman–Crippen MR) is 63.8 cm³/mol. The molecule has 0 saturated carbocycles. The number of aliphatic hydroxyl groups excluding tert-OH is 1. The molecule has 0 amide bonds. The van der Waals surface area contributed by atoms with Crippen LogP contribution in [0.5, 0.6) is 11.5 Å². The molecule has 94 valence electrons. The highest BCUT2D eigenvalue weighted by atomic mass is 35.5. The summed E-state index contributed by atoms with van der Waals surface area (Å²) in [7, 11) is 0. The second-order valence-corrected chi connectivity index (χ2v) is 4.00. The van der Waals surface area contributed by atoms with Crippen LogP contribution < -0.4 is 4.74 Å². The van der Waals surface area contributed by atoms with Gasteiger partial charge in [0.05, 0.1) is 6.61 Å². The van der Waals surface area contributed by atoms with Crippen molar-refractivity contribution in [3.05, 3.63) is 58.6 Å². The fourth-order valence-electron chi connectivity index (χ4n) is 1.40. The van der Waals surface area contributed by atoms with Crippen molar-refractivity contribution in [2.24, 2.45) is 0 Å². The van der Waals surface area contributed by atoms with Gasteiger partial charge in [-0.2, -0.15) is 0 Å². The molecule has 0 aliphatic heterocycles. The zero-order valence-corrected chi connectivity index (χ0v) is 9.92. The fourth-order valence-corrected chi connectivity index (χ4v) is 1.63. The molecular weight excluding hydrogens is 262 g/mol. The van der Waals surface area contributed by atoms with Gasteiger partial charge in [-0.25, -0.2) is 8.78 Å². The number of hydrogen-bond acceptors (Lipinski definition) is 2. The van der Waals surface area contributed by atoms with E-state index in [2.05, 4.69) is 0 Å². The Balaban J connectivity index is 2.23. The van der Waals surface area contributed by atoms with E-state index in [-0.39, 0.29) is 12.4 Å². The summed E-state index contributed by atoms with van der Waals surface area (Å²) in [5, 5.41) is 9.29. The maximum Gasteiger partial charge on any atom is 0.162 e. The average molecular weight is 271 g/mol. The minimum atomic E-state index is -0.981. The highest BCUT2D eigenvalue weighted by Gasteiger charge is 2.06. The second kappa shape index (κ2) is 5.33. The van der Waals surface area contributed by atoms with Crippen LogP contribution in [0.2, 0.25) is 5.02 Å².